The molecule has 0 saturated carbocycles. The minimum absolute atomic E-state index is 0.0250. The molecule has 114 valence electrons. The molecular formula is C14H18N2O5. The van der Waals surface area contributed by atoms with Gasteiger partial charge in [-0.25, -0.2) is 4.79 Å². The molecule has 21 heavy (non-hydrogen) atoms. The number of hydrogen-bond donors (Lipinski definition) is 3. The first-order valence-electron chi connectivity index (χ1n) is 6.62. The molecule has 0 aromatic heterocycles. The Labute approximate surface area is 122 Å². The lowest BCUT2D eigenvalue weighted by Gasteiger charge is -2.23. The van der Waals surface area contributed by atoms with Gasteiger partial charge in [0.05, 0.1) is 31.6 Å². The normalized spacial score (nSPS) is 18.0. The van der Waals surface area contributed by atoms with Crippen molar-refractivity contribution in [3.63, 3.8) is 0 Å². The summed E-state index contributed by atoms with van der Waals surface area (Å²) in [5.74, 6) is -0.893. The molecule has 3 N–H and O–H groups in total. The second kappa shape index (κ2) is 7.05. The van der Waals surface area contributed by atoms with E-state index in [0.29, 0.717) is 25.5 Å². The number of carbonyl (C=O) groups is 2. The van der Waals surface area contributed by atoms with E-state index in [1.165, 1.54) is 25.3 Å². The van der Waals surface area contributed by atoms with Crippen LogP contribution in [0.2, 0.25) is 0 Å². The Bertz CT molecular complexity index is 526. The number of ether oxygens (including phenoxy) is 2. The summed E-state index contributed by atoms with van der Waals surface area (Å²) >= 11 is 0. The Morgan fingerprint density at radius 3 is 2.95 bits per heavy atom. The molecule has 1 saturated heterocycles. The quantitative estimate of drug-likeness (QED) is 0.740. The van der Waals surface area contributed by atoms with Crippen LogP contribution >= 0.6 is 0 Å². The number of hydrogen-bond acceptors (Lipinski definition) is 5. The average molecular weight is 294 g/mol. The van der Waals surface area contributed by atoms with E-state index in [2.05, 4.69) is 10.6 Å². The zero-order valence-corrected chi connectivity index (χ0v) is 11.7. The zero-order valence-electron chi connectivity index (χ0n) is 11.7. The van der Waals surface area contributed by atoms with Gasteiger partial charge in [-0.3, -0.25) is 4.79 Å². The van der Waals surface area contributed by atoms with E-state index in [-0.39, 0.29) is 29.6 Å². The number of aromatic carboxylic acids is 1. The van der Waals surface area contributed by atoms with Crippen molar-refractivity contribution in [1.82, 2.24) is 5.32 Å². The Morgan fingerprint density at radius 2 is 2.33 bits per heavy atom. The Hall–Kier alpha value is -2.12. The molecule has 0 aliphatic carbocycles. The monoisotopic (exact) mass is 294 g/mol. The van der Waals surface area contributed by atoms with Gasteiger partial charge in [0.15, 0.2) is 0 Å². The van der Waals surface area contributed by atoms with Crippen molar-refractivity contribution in [3.8, 4) is 5.75 Å². The zero-order chi connectivity index (χ0) is 15.2. The van der Waals surface area contributed by atoms with Crippen LogP contribution < -0.4 is 15.4 Å². The first-order valence-corrected chi connectivity index (χ1v) is 6.62. The molecule has 1 aliphatic heterocycles. The van der Waals surface area contributed by atoms with Crippen molar-refractivity contribution in [2.24, 2.45) is 0 Å². The number of carboxylic acids is 1. The third-order valence-electron chi connectivity index (χ3n) is 3.16. The smallest absolute Gasteiger partial charge is 0.337 e. The maximum absolute atomic E-state index is 12.0. The predicted molar refractivity (Wildman–Crippen MR) is 75.8 cm³/mol. The summed E-state index contributed by atoms with van der Waals surface area (Å²) in [5, 5.41) is 14.9. The van der Waals surface area contributed by atoms with Gasteiger partial charge in [0.2, 0.25) is 5.91 Å². The molecule has 7 nitrogen and oxygen atoms in total. The Kier molecular flexibility index (Phi) is 5.13. The van der Waals surface area contributed by atoms with Gasteiger partial charge in [0.1, 0.15) is 5.75 Å². The number of amides is 1. The van der Waals surface area contributed by atoms with E-state index in [0.717, 1.165) is 0 Å². The van der Waals surface area contributed by atoms with Gasteiger partial charge in [-0.2, -0.15) is 0 Å². The summed E-state index contributed by atoms with van der Waals surface area (Å²) in [5.41, 5.74) is 0.251. The Morgan fingerprint density at radius 1 is 1.52 bits per heavy atom. The van der Waals surface area contributed by atoms with Gasteiger partial charge < -0.3 is 25.2 Å². The van der Waals surface area contributed by atoms with Gasteiger partial charge in [0, 0.05) is 25.1 Å². The Balaban J connectivity index is 2.06. The molecule has 1 aromatic rings. The van der Waals surface area contributed by atoms with Gasteiger partial charge in [-0.1, -0.05) is 0 Å². The van der Waals surface area contributed by atoms with E-state index in [9.17, 15) is 9.59 Å². The van der Waals surface area contributed by atoms with Crippen LogP contribution in [-0.2, 0) is 9.53 Å². The van der Waals surface area contributed by atoms with Crippen LogP contribution in [0, 0.1) is 0 Å². The van der Waals surface area contributed by atoms with E-state index in [1.807, 2.05) is 0 Å². The molecule has 7 heteroatoms. The summed E-state index contributed by atoms with van der Waals surface area (Å²) < 4.78 is 10.3. The highest BCUT2D eigenvalue weighted by molar-refractivity contribution is 6.01. The van der Waals surface area contributed by atoms with Crippen LogP contribution in [-0.4, -0.2) is 49.9 Å². The molecule has 0 spiro atoms. The number of carbonyl (C=O) groups excluding carboxylic acids is 1. The molecule has 0 radical (unpaired) electrons. The van der Waals surface area contributed by atoms with E-state index in [1.54, 1.807) is 0 Å². The van der Waals surface area contributed by atoms with E-state index in [4.69, 9.17) is 14.6 Å². The average Bonchev–Trinajstić information content (AvgIpc) is 2.47. The number of benzene rings is 1. The molecule has 2 rings (SSSR count). The van der Waals surface area contributed by atoms with E-state index < -0.39 is 5.97 Å². The summed E-state index contributed by atoms with van der Waals surface area (Å²) in [6.45, 7) is 1.81. The fourth-order valence-corrected chi connectivity index (χ4v) is 2.12. The summed E-state index contributed by atoms with van der Waals surface area (Å²) in [4.78, 5) is 23.2. The molecule has 1 unspecified atom stereocenters. The molecule has 1 heterocycles. The minimum Gasteiger partial charge on any atom is -0.497 e. The molecule has 0 bridgehead atoms. The summed E-state index contributed by atoms with van der Waals surface area (Å²) in [6.07, 6.45) is 0.219. The standard InChI is InChI=1S/C14H18N2O5/c1-20-10-2-3-11(14(18)19)12(7-10)16-13(17)6-9-8-21-5-4-15-9/h2-3,7,9,15H,4-6,8H2,1H3,(H,16,17)(H,18,19). The number of nitrogens with one attached hydrogen (secondary N) is 2. The fourth-order valence-electron chi connectivity index (χ4n) is 2.12. The fraction of sp³-hybridized carbons (Fsp3) is 0.429. The van der Waals surface area contributed by atoms with Crippen LogP contribution in [0.15, 0.2) is 18.2 Å². The topological polar surface area (TPSA) is 96.9 Å². The van der Waals surface area contributed by atoms with Gasteiger partial charge in [0.25, 0.3) is 0 Å². The third-order valence-corrected chi connectivity index (χ3v) is 3.16. The lowest BCUT2D eigenvalue weighted by molar-refractivity contribution is -0.117. The van der Waals surface area contributed by atoms with Crippen molar-refractivity contribution in [2.45, 2.75) is 12.5 Å². The van der Waals surface area contributed by atoms with Crippen LogP contribution in [0.25, 0.3) is 0 Å². The lowest BCUT2D eigenvalue weighted by Crippen LogP contribution is -2.43. The predicted octanol–water partition coefficient (Wildman–Crippen LogP) is 0.710. The maximum atomic E-state index is 12.0. The molecule has 1 atom stereocenters. The van der Waals surface area contributed by atoms with Crippen LogP contribution in [0.3, 0.4) is 0 Å². The number of morpholine rings is 1. The highest BCUT2D eigenvalue weighted by Gasteiger charge is 2.19. The maximum Gasteiger partial charge on any atom is 0.337 e. The van der Waals surface area contributed by atoms with Crippen molar-refractivity contribution < 1.29 is 24.2 Å². The molecule has 1 fully saturated rings. The minimum atomic E-state index is -1.10. The second-order valence-electron chi connectivity index (χ2n) is 4.69. The second-order valence-corrected chi connectivity index (χ2v) is 4.69. The largest absolute Gasteiger partial charge is 0.497 e. The molecule has 1 aromatic carbocycles. The van der Waals surface area contributed by atoms with Crippen LogP contribution in [0.4, 0.5) is 5.69 Å². The number of methoxy groups -OCH3 is 1. The van der Waals surface area contributed by atoms with Crippen LogP contribution in [0.1, 0.15) is 16.8 Å². The number of carboxylic acid groups (broad SMARTS) is 1. The third kappa shape index (κ3) is 4.17. The lowest BCUT2D eigenvalue weighted by atomic mass is 10.1. The van der Waals surface area contributed by atoms with Gasteiger partial charge in [-0.15, -0.1) is 0 Å². The molecule has 1 amide bonds. The molecule has 1 aliphatic rings. The van der Waals surface area contributed by atoms with Crippen molar-refractivity contribution in [3.05, 3.63) is 23.8 Å². The van der Waals surface area contributed by atoms with E-state index >= 15 is 0 Å². The van der Waals surface area contributed by atoms with Crippen LogP contribution in [0.5, 0.6) is 5.75 Å². The highest BCUT2D eigenvalue weighted by atomic mass is 16.5. The van der Waals surface area contributed by atoms with Crippen molar-refractivity contribution >= 4 is 17.6 Å². The van der Waals surface area contributed by atoms with Crippen molar-refractivity contribution in [1.29, 1.82) is 0 Å². The van der Waals surface area contributed by atoms with Gasteiger partial charge in [-0.05, 0) is 12.1 Å². The van der Waals surface area contributed by atoms with Crippen molar-refractivity contribution in [2.75, 3.05) is 32.2 Å². The summed E-state index contributed by atoms with van der Waals surface area (Å²) in [7, 11) is 1.48. The SMILES string of the molecule is COc1ccc(C(=O)O)c(NC(=O)CC2COCCN2)c1. The number of rotatable bonds is 5. The highest BCUT2D eigenvalue weighted by Crippen LogP contribution is 2.23. The summed E-state index contributed by atoms with van der Waals surface area (Å²) in [6, 6.07) is 4.37. The molecular weight excluding hydrogens is 276 g/mol. The van der Waals surface area contributed by atoms with Gasteiger partial charge >= 0.3 is 5.97 Å². The first kappa shape index (κ1) is 15.3. The number of anilines is 1. The first-order chi connectivity index (χ1) is 10.1.